The van der Waals surface area contributed by atoms with Crippen LogP contribution in [0.25, 0.3) is 0 Å². The van der Waals surface area contributed by atoms with Gasteiger partial charge in [-0.05, 0) is 42.5 Å². The molecule has 3 rings (SSSR count). The minimum absolute atomic E-state index is 0.0677. The summed E-state index contributed by atoms with van der Waals surface area (Å²) in [6, 6.07) is 10.3. The van der Waals surface area contributed by atoms with Gasteiger partial charge in [-0.3, -0.25) is 25.2 Å². The number of amides is 3. The molecule has 176 valence electrons. The molecule has 0 spiro atoms. The standard InChI is InChI=1S/C23H19F2N3O6/c1-33-19-6-3-12(9-20(19)34-2)22(31)27-28-23(32)17-5-4-16(11-18(17)29)26-21(30)13-7-14(24)10-15(25)8-13/h3-11,29H,1-2H3,(H,26,30)(H,27,31)(H,28,32). The Labute approximate surface area is 192 Å². The molecule has 0 saturated carbocycles. The average molecular weight is 471 g/mol. The summed E-state index contributed by atoms with van der Waals surface area (Å²) in [6.45, 7) is 0. The van der Waals surface area contributed by atoms with Gasteiger partial charge in [-0.15, -0.1) is 0 Å². The minimum Gasteiger partial charge on any atom is -0.507 e. The number of phenolic OH excluding ortho intramolecular Hbond substituents is 1. The molecule has 3 aromatic rings. The van der Waals surface area contributed by atoms with Crippen LogP contribution in [0.2, 0.25) is 0 Å². The van der Waals surface area contributed by atoms with Crippen LogP contribution in [0.4, 0.5) is 14.5 Å². The number of carbonyl (C=O) groups excluding carboxylic acids is 3. The first-order valence-electron chi connectivity index (χ1n) is 9.65. The van der Waals surface area contributed by atoms with Crippen molar-refractivity contribution < 1.29 is 37.7 Å². The lowest BCUT2D eigenvalue weighted by Gasteiger charge is -2.12. The normalized spacial score (nSPS) is 10.2. The molecule has 0 radical (unpaired) electrons. The molecule has 0 saturated heterocycles. The number of rotatable bonds is 6. The number of hydrogen-bond acceptors (Lipinski definition) is 6. The summed E-state index contributed by atoms with van der Waals surface area (Å²) in [5.74, 6) is -3.93. The molecular formula is C23H19F2N3O6. The Balaban J connectivity index is 1.64. The van der Waals surface area contributed by atoms with Crippen molar-refractivity contribution in [1.29, 1.82) is 0 Å². The number of hydrogen-bond donors (Lipinski definition) is 4. The first kappa shape index (κ1) is 24.0. The number of phenols is 1. The van der Waals surface area contributed by atoms with Crippen LogP contribution >= 0.6 is 0 Å². The van der Waals surface area contributed by atoms with Gasteiger partial charge in [0.2, 0.25) is 0 Å². The molecule has 0 unspecified atom stereocenters. The third-order valence-electron chi connectivity index (χ3n) is 4.56. The van der Waals surface area contributed by atoms with Crippen molar-refractivity contribution in [3.05, 3.63) is 82.9 Å². The van der Waals surface area contributed by atoms with Gasteiger partial charge in [0.05, 0.1) is 19.8 Å². The molecule has 11 heteroatoms. The average Bonchev–Trinajstić information content (AvgIpc) is 2.81. The lowest BCUT2D eigenvalue weighted by atomic mass is 10.1. The van der Waals surface area contributed by atoms with Crippen molar-refractivity contribution in [2.45, 2.75) is 0 Å². The van der Waals surface area contributed by atoms with E-state index in [1.54, 1.807) is 0 Å². The summed E-state index contributed by atoms with van der Waals surface area (Å²) in [7, 11) is 2.86. The van der Waals surface area contributed by atoms with E-state index >= 15 is 0 Å². The number of aromatic hydroxyl groups is 1. The maximum Gasteiger partial charge on any atom is 0.273 e. The van der Waals surface area contributed by atoms with Crippen LogP contribution < -0.4 is 25.6 Å². The Morgan fingerprint density at radius 3 is 2.00 bits per heavy atom. The Hall–Kier alpha value is -4.67. The summed E-state index contributed by atoms with van der Waals surface area (Å²) in [4.78, 5) is 36.8. The third kappa shape index (κ3) is 5.57. The molecule has 0 fully saturated rings. The van der Waals surface area contributed by atoms with Crippen molar-refractivity contribution in [2.24, 2.45) is 0 Å². The van der Waals surface area contributed by atoms with Crippen LogP contribution in [0.3, 0.4) is 0 Å². The van der Waals surface area contributed by atoms with Crippen LogP contribution in [-0.4, -0.2) is 37.0 Å². The zero-order chi connectivity index (χ0) is 24.8. The fourth-order valence-corrected chi connectivity index (χ4v) is 2.92. The highest BCUT2D eigenvalue weighted by Gasteiger charge is 2.16. The predicted molar refractivity (Wildman–Crippen MR) is 117 cm³/mol. The van der Waals surface area contributed by atoms with Crippen molar-refractivity contribution in [2.75, 3.05) is 19.5 Å². The van der Waals surface area contributed by atoms with Gasteiger partial charge < -0.3 is 19.9 Å². The number of hydrazine groups is 1. The molecule has 3 aromatic carbocycles. The van der Waals surface area contributed by atoms with E-state index in [0.717, 1.165) is 18.2 Å². The summed E-state index contributed by atoms with van der Waals surface area (Å²) in [5, 5.41) is 12.5. The second-order valence-corrected chi connectivity index (χ2v) is 6.82. The van der Waals surface area contributed by atoms with Crippen molar-refractivity contribution in [3.8, 4) is 17.2 Å². The van der Waals surface area contributed by atoms with Crippen LogP contribution in [0.15, 0.2) is 54.6 Å². The molecule has 3 amide bonds. The predicted octanol–water partition coefficient (Wildman–Crippen LogP) is 3.01. The molecule has 34 heavy (non-hydrogen) atoms. The lowest BCUT2D eigenvalue weighted by molar-refractivity contribution is 0.0845. The summed E-state index contributed by atoms with van der Waals surface area (Å²) >= 11 is 0. The topological polar surface area (TPSA) is 126 Å². The van der Waals surface area contributed by atoms with Crippen molar-refractivity contribution >= 4 is 23.4 Å². The second-order valence-electron chi connectivity index (χ2n) is 6.82. The molecule has 0 aromatic heterocycles. The highest BCUT2D eigenvalue weighted by molar-refractivity contribution is 6.05. The molecule has 0 aliphatic rings. The van der Waals surface area contributed by atoms with Crippen LogP contribution in [-0.2, 0) is 0 Å². The molecule has 0 aliphatic carbocycles. The Bertz CT molecular complexity index is 1250. The smallest absolute Gasteiger partial charge is 0.273 e. The van der Waals surface area contributed by atoms with Crippen molar-refractivity contribution in [3.63, 3.8) is 0 Å². The maximum atomic E-state index is 13.3. The van der Waals surface area contributed by atoms with Crippen LogP contribution in [0, 0.1) is 11.6 Å². The quantitative estimate of drug-likeness (QED) is 0.410. The lowest BCUT2D eigenvalue weighted by Crippen LogP contribution is -2.41. The van der Waals surface area contributed by atoms with Gasteiger partial charge in [-0.1, -0.05) is 0 Å². The van der Waals surface area contributed by atoms with Crippen molar-refractivity contribution in [1.82, 2.24) is 10.9 Å². The molecule has 0 heterocycles. The van der Waals surface area contributed by atoms with E-state index in [4.69, 9.17) is 9.47 Å². The number of ether oxygens (including phenoxy) is 2. The second kappa shape index (κ2) is 10.3. The summed E-state index contributed by atoms with van der Waals surface area (Å²) < 4.78 is 36.8. The fraction of sp³-hybridized carbons (Fsp3) is 0.0870. The summed E-state index contributed by atoms with van der Waals surface area (Å²) in [5.41, 5.74) is 4.14. The molecular weight excluding hydrogens is 452 g/mol. The number of halogens is 2. The molecule has 4 N–H and O–H groups in total. The van der Waals surface area contributed by atoms with E-state index in [1.165, 1.54) is 44.6 Å². The van der Waals surface area contributed by atoms with Gasteiger partial charge in [-0.2, -0.15) is 0 Å². The Morgan fingerprint density at radius 2 is 1.38 bits per heavy atom. The van der Waals surface area contributed by atoms with E-state index in [-0.39, 0.29) is 22.4 Å². The fourth-order valence-electron chi connectivity index (χ4n) is 2.92. The number of anilines is 1. The highest BCUT2D eigenvalue weighted by atomic mass is 19.1. The van der Waals surface area contributed by atoms with Gasteiger partial charge in [0.1, 0.15) is 17.4 Å². The van der Waals surface area contributed by atoms with Crippen LogP contribution in [0.5, 0.6) is 17.2 Å². The number of benzene rings is 3. The first-order valence-corrected chi connectivity index (χ1v) is 9.65. The zero-order valence-corrected chi connectivity index (χ0v) is 17.9. The van der Waals surface area contributed by atoms with Gasteiger partial charge in [0.15, 0.2) is 11.5 Å². The zero-order valence-electron chi connectivity index (χ0n) is 17.9. The molecule has 0 bridgehead atoms. The van der Waals surface area contributed by atoms with E-state index in [1.807, 2.05) is 0 Å². The van der Waals surface area contributed by atoms with E-state index in [0.29, 0.717) is 17.6 Å². The third-order valence-corrected chi connectivity index (χ3v) is 4.56. The van der Waals surface area contributed by atoms with Gasteiger partial charge in [-0.25, -0.2) is 8.78 Å². The highest BCUT2D eigenvalue weighted by Crippen LogP contribution is 2.27. The maximum absolute atomic E-state index is 13.3. The molecule has 0 aliphatic heterocycles. The van der Waals surface area contributed by atoms with Gasteiger partial charge in [0.25, 0.3) is 17.7 Å². The number of nitrogens with one attached hydrogen (secondary N) is 3. The SMILES string of the molecule is COc1ccc(C(=O)NNC(=O)c2ccc(NC(=O)c3cc(F)cc(F)c3)cc2O)cc1OC. The summed E-state index contributed by atoms with van der Waals surface area (Å²) in [6.07, 6.45) is 0. The van der Waals surface area contributed by atoms with Crippen LogP contribution in [0.1, 0.15) is 31.1 Å². The largest absolute Gasteiger partial charge is 0.507 e. The van der Waals surface area contributed by atoms with Gasteiger partial charge in [0, 0.05) is 28.9 Å². The van der Waals surface area contributed by atoms with E-state index in [2.05, 4.69) is 16.2 Å². The minimum atomic E-state index is -0.921. The molecule has 9 nitrogen and oxygen atoms in total. The van der Waals surface area contributed by atoms with E-state index in [9.17, 15) is 28.3 Å². The Kier molecular flexibility index (Phi) is 7.26. The number of methoxy groups -OCH3 is 2. The monoisotopic (exact) mass is 471 g/mol. The van der Waals surface area contributed by atoms with Gasteiger partial charge >= 0.3 is 0 Å². The Morgan fingerprint density at radius 1 is 0.735 bits per heavy atom. The van der Waals surface area contributed by atoms with E-state index < -0.39 is 35.1 Å². The first-order chi connectivity index (χ1) is 16.2. The number of carbonyl (C=O) groups is 3. The molecule has 0 atom stereocenters.